The summed E-state index contributed by atoms with van der Waals surface area (Å²) in [5, 5.41) is 0. The van der Waals surface area contributed by atoms with Crippen LogP contribution >= 0.6 is 0 Å². The number of carbonyl (C=O) groups excluding carboxylic acids is 2. The van der Waals surface area contributed by atoms with Crippen molar-refractivity contribution in [3.63, 3.8) is 0 Å². The average molecular weight is 233 g/mol. The van der Waals surface area contributed by atoms with Crippen molar-refractivity contribution >= 4 is 17.6 Å². The molecule has 0 radical (unpaired) electrons. The molecule has 2 heterocycles. The van der Waals surface area contributed by atoms with Gasteiger partial charge in [-0.05, 0) is 23.6 Å². The maximum Gasteiger partial charge on any atom is 0.229 e. The first-order chi connectivity index (χ1) is 8.06. The van der Waals surface area contributed by atoms with Crippen LogP contribution in [0, 0.1) is 5.92 Å². The molecule has 2 rings (SSSR count). The number of pyridine rings is 1. The van der Waals surface area contributed by atoms with E-state index in [1.807, 2.05) is 6.92 Å². The zero-order chi connectivity index (χ0) is 12.4. The lowest BCUT2D eigenvalue weighted by Crippen LogP contribution is -2.42. The number of hydrogen-bond donors (Lipinski definition) is 1. The van der Waals surface area contributed by atoms with Crippen molar-refractivity contribution in [2.75, 3.05) is 5.73 Å². The van der Waals surface area contributed by atoms with Gasteiger partial charge in [-0.3, -0.25) is 14.5 Å². The van der Waals surface area contributed by atoms with Crippen molar-refractivity contribution in [3.8, 4) is 0 Å². The molecule has 0 spiro atoms. The second kappa shape index (κ2) is 4.53. The van der Waals surface area contributed by atoms with Crippen LogP contribution in [0.15, 0.2) is 18.3 Å². The molecule has 1 aliphatic heterocycles. The molecule has 1 aromatic rings. The lowest BCUT2D eigenvalue weighted by Gasteiger charge is -2.28. The van der Waals surface area contributed by atoms with Gasteiger partial charge in [-0.25, -0.2) is 4.98 Å². The third-order valence-corrected chi connectivity index (χ3v) is 2.83. The third kappa shape index (κ3) is 2.61. The van der Waals surface area contributed by atoms with E-state index in [4.69, 9.17) is 5.73 Å². The van der Waals surface area contributed by atoms with Gasteiger partial charge in [0, 0.05) is 19.0 Å². The number of amides is 2. The van der Waals surface area contributed by atoms with Crippen molar-refractivity contribution in [2.45, 2.75) is 26.3 Å². The Bertz CT molecular complexity index is 441. The van der Waals surface area contributed by atoms with E-state index >= 15 is 0 Å². The molecule has 0 aliphatic carbocycles. The molecule has 17 heavy (non-hydrogen) atoms. The standard InChI is InChI=1S/C12H15N3O2/c1-8-4-11(16)15(12(17)5-8)7-9-2-3-14-10(13)6-9/h2-3,6,8H,4-5,7H2,1H3,(H2,13,14). The fraction of sp³-hybridized carbons (Fsp3) is 0.417. The van der Waals surface area contributed by atoms with Gasteiger partial charge >= 0.3 is 0 Å². The van der Waals surface area contributed by atoms with E-state index in [0.717, 1.165) is 5.56 Å². The van der Waals surface area contributed by atoms with Gasteiger partial charge in [-0.1, -0.05) is 6.92 Å². The van der Waals surface area contributed by atoms with Crippen LogP contribution in [0.25, 0.3) is 0 Å². The topological polar surface area (TPSA) is 76.3 Å². The number of rotatable bonds is 2. The van der Waals surface area contributed by atoms with Crippen molar-refractivity contribution in [2.24, 2.45) is 5.92 Å². The van der Waals surface area contributed by atoms with Crippen molar-refractivity contribution in [3.05, 3.63) is 23.9 Å². The number of likely N-dealkylation sites (tertiary alicyclic amines) is 1. The highest BCUT2D eigenvalue weighted by Gasteiger charge is 2.30. The second-order valence-corrected chi connectivity index (χ2v) is 4.48. The Balaban J connectivity index is 2.13. The Morgan fingerprint density at radius 2 is 2.06 bits per heavy atom. The minimum Gasteiger partial charge on any atom is -0.384 e. The number of aromatic nitrogens is 1. The van der Waals surface area contributed by atoms with Crippen LogP contribution in [0.5, 0.6) is 0 Å². The first-order valence-electron chi connectivity index (χ1n) is 5.60. The van der Waals surface area contributed by atoms with E-state index in [1.165, 1.54) is 4.90 Å². The van der Waals surface area contributed by atoms with E-state index in [0.29, 0.717) is 18.7 Å². The normalized spacial score (nSPS) is 17.6. The fourth-order valence-corrected chi connectivity index (χ4v) is 1.98. The summed E-state index contributed by atoms with van der Waals surface area (Å²) in [5.41, 5.74) is 6.38. The number of carbonyl (C=O) groups is 2. The van der Waals surface area contributed by atoms with E-state index in [9.17, 15) is 9.59 Å². The number of nitrogen functional groups attached to an aromatic ring is 1. The summed E-state index contributed by atoms with van der Waals surface area (Å²) in [4.78, 5) is 28.7. The Morgan fingerprint density at radius 3 is 2.65 bits per heavy atom. The average Bonchev–Trinajstić information content (AvgIpc) is 2.23. The maximum atomic E-state index is 11.8. The highest BCUT2D eigenvalue weighted by Crippen LogP contribution is 2.20. The number of anilines is 1. The predicted molar refractivity (Wildman–Crippen MR) is 62.6 cm³/mol. The second-order valence-electron chi connectivity index (χ2n) is 4.48. The fourth-order valence-electron chi connectivity index (χ4n) is 1.98. The highest BCUT2D eigenvalue weighted by atomic mass is 16.2. The highest BCUT2D eigenvalue weighted by molar-refractivity contribution is 5.97. The smallest absolute Gasteiger partial charge is 0.229 e. The lowest BCUT2D eigenvalue weighted by atomic mass is 9.97. The van der Waals surface area contributed by atoms with Crippen LogP contribution in [0.4, 0.5) is 5.82 Å². The van der Waals surface area contributed by atoms with Crippen LogP contribution in [0.3, 0.4) is 0 Å². The van der Waals surface area contributed by atoms with E-state index in [1.54, 1.807) is 18.3 Å². The molecule has 90 valence electrons. The summed E-state index contributed by atoms with van der Waals surface area (Å²) in [7, 11) is 0. The van der Waals surface area contributed by atoms with Crippen molar-refractivity contribution in [1.82, 2.24) is 9.88 Å². The van der Waals surface area contributed by atoms with E-state index in [2.05, 4.69) is 4.98 Å². The number of imide groups is 1. The molecule has 1 saturated heterocycles. The van der Waals surface area contributed by atoms with Crippen LogP contribution in [0.2, 0.25) is 0 Å². The first kappa shape index (κ1) is 11.6. The van der Waals surface area contributed by atoms with Gasteiger partial charge in [0.1, 0.15) is 5.82 Å². The molecule has 0 unspecified atom stereocenters. The Kier molecular flexibility index (Phi) is 3.08. The van der Waals surface area contributed by atoms with Crippen molar-refractivity contribution < 1.29 is 9.59 Å². The van der Waals surface area contributed by atoms with Crippen LogP contribution < -0.4 is 5.73 Å². The van der Waals surface area contributed by atoms with Gasteiger partial charge in [-0.2, -0.15) is 0 Å². The zero-order valence-corrected chi connectivity index (χ0v) is 9.72. The molecule has 2 amide bonds. The van der Waals surface area contributed by atoms with Gasteiger partial charge in [0.2, 0.25) is 11.8 Å². The molecule has 0 aromatic carbocycles. The Hall–Kier alpha value is -1.91. The molecule has 0 saturated carbocycles. The van der Waals surface area contributed by atoms with E-state index in [-0.39, 0.29) is 24.3 Å². The molecule has 2 N–H and O–H groups in total. The molecule has 5 nitrogen and oxygen atoms in total. The van der Waals surface area contributed by atoms with Gasteiger partial charge in [-0.15, -0.1) is 0 Å². The molecular formula is C12H15N3O2. The van der Waals surface area contributed by atoms with Gasteiger partial charge in [0.15, 0.2) is 0 Å². The number of hydrogen-bond acceptors (Lipinski definition) is 4. The zero-order valence-electron chi connectivity index (χ0n) is 9.72. The quantitative estimate of drug-likeness (QED) is 0.771. The summed E-state index contributed by atoms with van der Waals surface area (Å²) in [6.45, 7) is 2.20. The number of nitrogens with two attached hydrogens (primary N) is 1. The van der Waals surface area contributed by atoms with E-state index < -0.39 is 0 Å². The minimum absolute atomic E-state index is 0.107. The largest absolute Gasteiger partial charge is 0.384 e. The molecule has 1 aromatic heterocycles. The van der Waals surface area contributed by atoms with Gasteiger partial charge in [0.05, 0.1) is 6.54 Å². The minimum atomic E-state index is -0.107. The maximum absolute atomic E-state index is 11.8. The molecule has 0 atom stereocenters. The predicted octanol–water partition coefficient (Wildman–Crippen LogP) is 0.949. The van der Waals surface area contributed by atoms with Crippen LogP contribution in [-0.4, -0.2) is 21.7 Å². The first-order valence-corrected chi connectivity index (χ1v) is 5.60. The SMILES string of the molecule is CC1CC(=O)N(Cc2ccnc(N)c2)C(=O)C1. The summed E-state index contributed by atoms with van der Waals surface area (Å²) >= 11 is 0. The summed E-state index contributed by atoms with van der Waals surface area (Å²) in [6, 6.07) is 3.44. The summed E-state index contributed by atoms with van der Waals surface area (Å²) in [6.07, 6.45) is 2.45. The Labute approximate surface area is 99.6 Å². The molecule has 1 fully saturated rings. The molecule has 1 aliphatic rings. The van der Waals surface area contributed by atoms with Crippen LogP contribution in [-0.2, 0) is 16.1 Å². The summed E-state index contributed by atoms with van der Waals surface area (Å²) < 4.78 is 0. The van der Waals surface area contributed by atoms with Gasteiger partial charge in [0.25, 0.3) is 0 Å². The molecular weight excluding hydrogens is 218 g/mol. The molecule has 0 bridgehead atoms. The summed E-state index contributed by atoms with van der Waals surface area (Å²) in [5.74, 6) is 0.329. The number of piperidine rings is 1. The van der Waals surface area contributed by atoms with Gasteiger partial charge < -0.3 is 5.73 Å². The lowest BCUT2D eigenvalue weighted by molar-refractivity contribution is -0.150. The van der Waals surface area contributed by atoms with Crippen LogP contribution in [0.1, 0.15) is 25.3 Å². The molecule has 5 heteroatoms. The Morgan fingerprint density at radius 1 is 1.41 bits per heavy atom. The van der Waals surface area contributed by atoms with Crippen molar-refractivity contribution in [1.29, 1.82) is 0 Å². The number of nitrogens with zero attached hydrogens (tertiary/aromatic N) is 2. The monoisotopic (exact) mass is 233 g/mol. The third-order valence-electron chi connectivity index (χ3n) is 2.83.